The van der Waals surface area contributed by atoms with Crippen LogP contribution in [0.2, 0.25) is 0 Å². The summed E-state index contributed by atoms with van der Waals surface area (Å²) in [4.78, 5) is 18.8. The van der Waals surface area contributed by atoms with Crippen LogP contribution in [0.15, 0.2) is 36.5 Å². The van der Waals surface area contributed by atoms with Crippen LogP contribution >= 0.6 is 22.6 Å². The predicted octanol–water partition coefficient (Wildman–Crippen LogP) is 6.11. The molecule has 1 saturated carbocycles. The topological polar surface area (TPSA) is 86.6 Å². The van der Waals surface area contributed by atoms with E-state index >= 15 is 8.78 Å². The minimum atomic E-state index is -1.16. The number of fused-ring (bicyclic) bond motifs is 7. The third kappa shape index (κ3) is 4.43. The third-order valence-electron chi connectivity index (χ3n) is 11.1. The quantitative estimate of drug-likeness (QED) is 0.239. The summed E-state index contributed by atoms with van der Waals surface area (Å²) >= 11 is 2.23. The number of aromatic nitrogens is 3. The number of hydrogen-bond acceptors (Lipinski definition) is 8. The van der Waals surface area contributed by atoms with E-state index in [1.54, 1.807) is 18.3 Å². The Hall–Kier alpha value is -2.90. The number of nitrogens with zero attached hydrogens (tertiary/aromatic N) is 5. The van der Waals surface area contributed by atoms with E-state index in [1.807, 2.05) is 18.2 Å². The number of aromatic hydroxyl groups is 1. The van der Waals surface area contributed by atoms with Gasteiger partial charge in [-0.15, -0.1) is 0 Å². The van der Waals surface area contributed by atoms with Crippen LogP contribution in [0, 0.1) is 9.39 Å². The summed E-state index contributed by atoms with van der Waals surface area (Å²) < 4.78 is 40.2. The number of piperazine rings is 1. The first-order valence-electron chi connectivity index (χ1n) is 16.2. The van der Waals surface area contributed by atoms with Gasteiger partial charge in [-0.2, -0.15) is 9.97 Å². The average molecular weight is 725 g/mol. The van der Waals surface area contributed by atoms with Crippen LogP contribution in [0.25, 0.3) is 32.9 Å². The van der Waals surface area contributed by atoms with Crippen molar-refractivity contribution in [1.29, 1.82) is 0 Å². The molecule has 8 nitrogen and oxygen atoms in total. The van der Waals surface area contributed by atoms with Crippen molar-refractivity contribution in [3.8, 4) is 23.0 Å². The summed E-state index contributed by atoms with van der Waals surface area (Å²) in [5, 5.41) is 16.4. The number of rotatable bonds is 5. The van der Waals surface area contributed by atoms with Gasteiger partial charge in [0.25, 0.3) is 0 Å². The third-order valence-corrected chi connectivity index (χ3v) is 12.0. The average Bonchev–Trinajstić information content (AvgIpc) is 3.74. The van der Waals surface area contributed by atoms with Gasteiger partial charge in [0.15, 0.2) is 5.82 Å². The normalized spacial score (nSPS) is 30.8. The van der Waals surface area contributed by atoms with Crippen LogP contribution in [0.1, 0.15) is 51.4 Å². The first-order chi connectivity index (χ1) is 21.8. The van der Waals surface area contributed by atoms with Crippen molar-refractivity contribution in [2.75, 3.05) is 31.1 Å². The number of hydrogen-bond donors (Lipinski definition) is 2. The largest absolute Gasteiger partial charge is 0.508 e. The lowest BCUT2D eigenvalue weighted by atomic mass is 9.88. The van der Waals surface area contributed by atoms with Crippen molar-refractivity contribution in [2.45, 2.75) is 80.7 Å². The summed E-state index contributed by atoms with van der Waals surface area (Å²) in [5.74, 6) is 0.0778. The van der Waals surface area contributed by atoms with E-state index in [0.717, 1.165) is 72.5 Å². The SMILES string of the molecule is Oc1cc(-c2ncc3c(N4CC5CCC(C4)N5)nc(OC[C@@]45CCCN4[C@H]4CCC[C@@]4(F)C5)nc3c2F)c2c(I)cccc2c1. The van der Waals surface area contributed by atoms with Crippen LogP contribution in [0.3, 0.4) is 0 Å². The van der Waals surface area contributed by atoms with Gasteiger partial charge in [0.2, 0.25) is 0 Å². The molecular formula is C34H35F2IN6O2. The maximum atomic E-state index is 16.8. The van der Waals surface area contributed by atoms with Crippen molar-refractivity contribution in [3.05, 3.63) is 45.9 Å². The molecular weight excluding hydrogens is 689 g/mol. The van der Waals surface area contributed by atoms with Crippen LogP contribution in [0.5, 0.6) is 11.8 Å². The molecule has 1 aliphatic carbocycles. The van der Waals surface area contributed by atoms with E-state index in [1.165, 1.54) is 0 Å². The first-order valence-corrected chi connectivity index (χ1v) is 17.3. The van der Waals surface area contributed by atoms with Gasteiger partial charge in [-0.3, -0.25) is 9.88 Å². The fourth-order valence-electron chi connectivity index (χ4n) is 9.28. The highest BCUT2D eigenvalue weighted by atomic mass is 127. The van der Waals surface area contributed by atoms with Crippen LogP contribution < -0.4 is 15.0 Å². The predicted molar refractivity (Wildman–Crippen MR) is 177 cm³/mol. The smallest absolute Gasteiger partial charge is 0.319 e. The zero-order valence-electron chi connectivity index (χ0n) is 24.9. The molecule has 9 rings (SSSR count). The van der Waals surface area contributed by atoms with E-state index in [4.69, 9.17) is 9.72 Å². The van der Waals surface area contributed by atoms with Crippen LogP contribution in [-0.4, -0.2) is 80.5 Å². The fraction of sp³-hybridized carbons (Fsp3) is 0.500. The molecule has 234 valence electrons. The second-order valence-corrected chi connectivity index (χ2v) is 15.0. The molecule has 6 heterocycles. The monoisotopic (exact) mass is 724 g/mol. The number of ether oxygens (including phenoxy) is 1. The molecule has 2 aromatic heterocycles. The van der Waals surface area contributed by atoms with Crippen LogP contribution in [0.4, 0.5) is 14.6 Å². The first kappa shape index (κ1) is 28.3. The van der Waals surface area contributed by atoms with E-state index in [0.29, 0.717) is 41.7 Å². The molecule has 0 spiro atoms. The Bertz CT molecular complexity index is 1850. The molecule has 4 saturated heterocycles. The number of phenols is 1. The number of pyridine rings is 1. The number of benzene rings is 2. The van der Waals surface area contributed by atoms with E-state index in [2.05, 4.69) is 47.7 Å². The lowest BCUT2D eigenvalue weighted by molar-refractivity contribution is 0.0811. The zero-order chi connectivity index (χ0) is 30.5. The molecule has 0 amide bonds. The molecule has 2 bridgehead atoms. The zero-order valence-corrected chi connectivity index (χ0v) is 27.1. The summed E-state index contributed by atoms with van der Waals surface area (Å²) in [5.41, 5.74) is -0.783. The minimum Gasteiger partial charge on any atom is -0.508 e. The Morgan fingerprint density at radius 2 is 1.93 bits per heavy atom. The van der Waals surface area contributed by atoms with Crippen LogP contribution in [-0.2, 0) is 0 Å². The second kappa shape index (κ2) is 10.3. The van der Waals surface area contributed by atoms with Gasteiger partial charge in [0, 0.05) is 58.4 Å². The molecule has 11 heteroatoms. The fourth-order valence-corrected chi connectivity index (χ4v) is 10.1. The number of alkyl halides is 1. The summed E-state index contributed by atoms with van der Waals surface area (Å²) in [6, 6.07) is 9.77. The van der Waals surface area contributed by atoms with E-state index < -0.39 is 11.5 Å². The van der Waals surface area contributed by atoms with Gasteiger partial charge < -0.3 is 20.1 Å². The minimum absolute atomic E-state index is 0.0387. The van der Waals surface area contributed by atoms with Crippen molar-refractivity contribution in [3.63, 3.8) is 0 Å². The van der Waals surface area contributed by atoms with E-state index in [9.17, 15) is 5.11 Å². The molecule has 5 atom stereocenters. The van der Waals surface area contributed by atoms with Gasteiger partial charge in [0.1, 0.15) is 35.1 Å². The van der Waals surface area contributed by atoms with Crippen molar-refractivity contribution < 1.29 is 18.6 Å². The summed E-state index contributed by atoms with van der Waals surface area (Å²) in [7, 11) is 0. The molecule has 5 aliphatic rings. The van der Waals surface area contributed by atoms with E-state index in [-0.39, 0.29) is 41.2 Å². The van der Waals surface area contributed by atoms with Gasteiger partial charge >= 0.3 is 6.01 Å². The molecule has 2 N–H and O–H groups in total. The number of halogens is 3. The van der Waals surface area contributed by atoms with Crippen molar-refractivity contribution >= 4 is 50.1 Å². The maximum Gasteiger partial charge on any atom is 0.319 e. The summed E-state index contributed by atoms with van der Waals surface area (Å²) in [6.45, 7) is 2.67. The van der Waals surface area contributed by atoms with Gasteiger partial charge in [-0.1, -0.05) is 12.1 Å². The lowest BCUT2D eigenvalue weighted by Gasteiger charge is -2.35. The number of nitrogens with one attached hydrogen (secondary N) is 1. The Labute approximate surface area is 273 Å². The molecule has 4 aliphatic heterocycles. The molecule has 2 unspecified atom stereocenters. The Morgan fingerprint density at radius 1 is 1.09 bits per heavy atom. The Morgan fingerprint density at radius 3 is 2.78 bits per heavy atom. The number of phenolic OH excluding ortho intramolecular Hbond substituents is 1. The van der Waals surface area contributed by atoms with Crippen molar-refractivity contribution in [1.82, 2.24) is 25.2 Å². The highest BCUT2D eigenvalue weighted by molar-refractivity contribution is 14.1. The Balaban J connectivity index is 1.15. The highest BCUT2D eigenvalue weighted by Gasteiger charge is 2.63. The van der Waals surface area contributed by atoms with Gasteiger partial charge in [-0.25, -0.2) is 8.78 Å². The maximum absolute atomic E-state index is 16.8. The number of anilines is 1. The molecule has 4 aromatic rings. The second-order valence-electron chi connectivity index (χ2n) is 13.8. The standard InChI is InChI=1S/C34H35F2IN6O2/c35-28-29(23-13-22(44)12-19-4-1-5-25(37)27(19)23)38-14-24-30(28)40-32(41-31(24)42-15-20-7-8-21(16-42)39-20)45-18-33-9-3-11-43(33)26-6-2-10-34(26,36)17-33/h1,4-5,12-14,20-21,26,39,44H,2-3,6-11,15-18H2/t20?,21?,26-,33-,34+/m0/s1. The van der Waals surface area contributed by atoms with Gasteiger partial charge in [0.05, 0.1) is 10.9 Å². The lowest BCUT2D eigenvalue weighted by Crippen LogP contribution is -2.51. The highest BCUT2D eigenvalue weighted by Crippen LogP contribution is 2.55. The molecule has 5 fully saturated rings. The molecule has 2 aromatic carbocycles. The summed E-state index contributed by atoms with van der Waals surface area (Å²) in [6.07, 6.45) is 8.65. The molecule has 45 heavy (non-hydrogen) atoms. The van der Waals surface area contributed by atoms with Crippen molar-refractivity contribution in [2.24, 2.45) is 0 Å². The Kier molecular flexibility index (Phi) is 6.49. The van der Waals surface area contributed by atoms with Gasteiger partial charge in [-0.05, 0) is 97.7 Å². The molecule has 0 radical (unpaired) electrons.